The Balaban J connectivity index is 4.30. The summed E-state index contributed by atoms with van der Waals surface area (Å²) in [5.74, 6) is 2.26. The minimum Gasteiger partial charge on any atom is -0.378 e. The fourth-order valence-corrected chi connectivity index (χ4v) is 1.04. The van der Waals surface area contributed by atoms with Crippen molar-refractivity contribution < 1.29 is 14.6 Å². The van der Waals surface area contributed by atoms with Crippen LogP contribution in [0.5, 0.6) is 0 Å². The van der Waals surface area contributed by atoms with Crippen LogP contribution in [-0.4, -0.2) is 31.2 Å². The van der Waals surface area contributed by atoms with Gasteiger partial charge in [-0.15, -0.1) is 6.42 Å². The minimum absolute atomic E-state index is 0.140. The number of aliphatic hydroxyl groups excluding tert-OH is 1. The van der Waals surface area contributed by atoms with Gasteiger partial charge in [0.05, 0.1) is 0 Å². The van der Waals surface area contributed by atoms with Crippen LogP contribution in [0.15, 0.2) is 0 Å². The molecular weight excluding hydrogens is 168 g/mol. The molecule has 0 fully saturated rings. The Hall–Kier alpha value is -0.560. The van der Waals surface area contributed by atoms with E-state index in [-0.39, 0.29) is 12.2 Å². The molecule has 2 atom stereocenters. The minimum atomic E-state index is -0.893. The topological polar surface area (TPSA) is 38.7 Å². The number of ether oxygens (including phenoxy) is 2. The summed E-state index contributed by atoms with van der Waals surface area (Å²) >= 11 is 0. The summed E-state index contributed by atoms with van der Waals surface area (Å²) in [6.07, 6.45) is 3.82. The molecule has 0 aromatic heterocycles. The van der Waals surface area contributed by atoms with Gasteiger partial charge in [-0.3, -0.25) is 0 Å². The lowest BCUT2D eigenvalue weighted by Crippen LogP contribution is -2.39. The molecule has 3 heteroatoms. The summed E-state index contributed by atoms with van der Waals surface area (Å²) < 4.78 is 10.1. The molecule has 13 heavy (non-hydrogen) atoms. The number of hydrogen-bond donors (Lipinski definition) is 1. The summed E-state index contributed by atoms with van der Waals surface area (Å²) in [6.45, 7) is 6.00. The van der Waals surface area contributed by atoms with E-state index in [1.807, 2.05) is 20.8 Å². The maximum absolute atomic E-state index is 9.46. The van der Waals surface area contributed by atoms with Crippen LogP contribution in [0.2, 0.25) is 0 Å². The van der Waals surface area contributed by atoms with E-state index in [1.54, 1.807) is 0 Å². The van der Waals surface area contributed by atoms with E-state index < -0.39 is 12.2 Å². The Morgan fingerprint density at radius 2 is 2.00 bits per heavy atom. The first-order chi connectivity index (χ1) is 5.93. The zero-order valence-corrected chi connectivity index (χ0v) is 8.70. The van der Waals surface area contributed by atoms with Crippen LogP contribution in [0.4, 0.5) is 0 Å². The number of aliphatic hydroxyl groups is 1. The van der Waals surface area contributed by atoms with Crippen molar-refractivity contribution in [3.8, 4) is 12.3 Å². The fraction of sp³-hybridized carbons (Fsp3) is 0.800. The van der Waals surface area contributed by atoms with Crippen molar-refractivity contribution in [2.24, 2.45) is 5.41 Å². The highest BCUT2D eigenvalue weighted by Crippen LogP contribution is 2.24. The van der Waals surface area contributed by atoms with Gasteiger partial charge in [0.1, 0.15) is 19.0 Å². The molecule has 0 aliphatic heterocycles. The molecule has 0 radical (unpaired) electrons. The monoisotopic (exact) mass is 186 g/mol. The van der Waals surface area contributed by atoms with E-state index in [2.05, 4.69) is 5.92 Å². The van der Waals surface area contributed by atoms with Crippen LogP contribution in [-0.2, 0) is 9.47 Å². The van der Waals surface area contributed by atoms with Crippen LogP contribution in [0.3, 0.4) is 0 Å². The van der Waals surface area contributed by atoms with Gasteiger partial charge in [-0.1, -0.05) is 26.7 Å². The van der Waals surface area contributed by atoms with Gasteiger partial charge in [-0.25, -0.2) is 0 Å². The molecule has 0 saturated heterocycles. The third-order valence-corrected chi connectivity index (χ3v) is 1.68. The maximum Gasteiger partial charge on any atom is 0.146 e. The summed E-state index contributed by atoms with van der Waals surface area (Å²) in [7, 11) is 1.53. The summed E-state index contributed by atoms with van der Waals surface area (Å²) in [5, 5.41) is 9.46. The van der Waals surface area contributed by atoms with Crippen molar-refractivity contribution in [1.82, 2.24) is 0 Å². The van der Waals surface area contributed by atoms with Crippen molar-refractivity contribution in [3.05, 3.63) is 0 Å². The van der Waals surface area contributed by atoms with Crippen molar-refractivity contribution in [2.75, 3.05) is 13.9 Å². The van der Waals surface area contributed by atoms with Gasteiger partial charge in [-0.2, -0.15) is 0 Å². The first kappa shape index (κ1) is 12.4. The summed E-state index contributed by atoms with van der Waals surface area (Å²) in [6, 6.07) is 0. The number of rotatable bonds is 4. The Kier molecular flexibility index (Phi) is 5.01. The zero-order chi connectivity index (χ0) is 10.5. The lowest BCUT2D eigenvalue weighted by molar-refractivity contribution is -0.137. The SMILES string of the molecule is C#C[C@H](O)[C@@H](OCOC)C(C)(C)C. The van der Waals surface area contributed by atoms with Crippen LogP contribution in [0.1, 0.15) is 20.8 Å². The molecule has 0 aliphatic rings. The lowest BCUT2D eigenvalue weighted by atomic mass is 9.86. The normalized spacial score (nSPS) is 16.3. The number of terminal acetylenes is 1. The van der Waals surface area contributed by atoms with E-state index >= 15 is 0 Å². The van der Waals surface area contributed by atoms with Gasteiger partial charge in [0.15, 0.2) is 0 Å². The van der Waals surface area contributed by atoms with E-state index in [4.69, 9.17) is 15.9 Å². The molecule has 0 aromatic carbocycles. The van der Waals surface area contributed by atoms with Gasteiger partial charge in [0.25, 0.3) is 0 Å². The van der Waals surface area contributed by atoms with Crippen LogP contribution in [0.25, 0.3) is 0 Å². The fourth-order valence-electron chi connectivity index (χ4n) is 1.04. The Morgan fingerprint density at radius 1 is 1.46 bits per heavy atom. The highest BCUT2D eigenvalue weighted by molar-refractivity contribution is 5.01. The van der Waals surface area contributed by atoms with Gasteiger partial charge in [-0.05, 0) is 5.41 Å². The largest absolute Gasteiger partial charge is 0.378 e. The smallest absolute Gasteiger partial charge is 0.146 e. The molecule has 0 aliphatic carbocycles. The van der Waals surface area contributed by atoms with Crippen molar-refractivity contribution in [1.29, 1.82) is 0 Å². The average Bonchev–Trinajstić information content (AvgIpc) is 2.02. The Morgan fingerprint density at radius 3 is 2.31 bits per heavy atom. The van der Waals surface area contributed by atoms with Gasteiger partial charge < -0.3 is 14.6 Å². The number of methoxy groups -OCH3 is 1. The van der Waals surface area contributed by atoms with Crippen molar-refractivity contribution in [3.63, 3.8) is 0 Å². The van der Waals surface area contributed by atoms with Crippen molar-refractivity contribution >= 4 is 0 Å². The zero-order valence-electron chi connectivity index (χ0n) is 8.70. The van der Waals surface area contributed by atoms with Gasteiger partial charge >= 0.3 is 0 Å². The van der Waals surface area contributed by atoms with E-state index in [0.29, 0.717) is 0 Å². The molecule has 0 heterocycles. The van der Waals surface area contributed by atoms with E-state index in [1.165, 1.54) is 7.11 Å². The second-order valence-electron chi connectivity index (χ2n) is 3.97. The van der Waals surface area contributed by atoms with Crippen molar-refractivity contribution in [2.45, 2.75) is 33.0 Å². The Labute approximate surface area is 80.0 Å². The van der Waals surface area contributed by atoms with Crippen LogP contribution in [0, 0.1) is 17.8 Å². The third-order valence-electron chi connectivity index (χ3n) is 1.68. The molecule has 3 nitrogen and oxygen atoms in total. The van der Waals surface area contributed by atoms with E-state index in [9.17, 15) is 5.11 Å². The summed E-state index contributed by atoms with van der Waals surface area (Å²) in [5.41, 5.74) is -0.204. The quantitative estimate of drug-likeness (QED) is 0.526. The molecule has 0 aromatic rings. The highest BCUT2D eigenvalue weighted by atomic mass is 16.7. The Bertz CT molecular complexity index is 176. The first-order valence-electron chi connectivity index (χ1n) is 4.18. The molecule has 1 N–H and O–H groups in total. The number of hydrogen-bond acceptors (Lipinski definition) is 3. The van der Waals surface area contributed by atoms with Gasteiger partial charge in [0.2, 0.25) is 0 Å². The molecule has 0 spiro atoms. The standard InChI is InChI=1S/C10H18O3/c1-6-8(11)9(10(2,3)4)13-7-12-5/h1,8-9,11H,7H2,2-5H3/t8-,9+/m0/s1. The predicted molar refractivity (Wildman–Crippen MR) is 51.0 cm³/mol. The molecule has 0 saturated carbocycles. The predicted octanol–water partition coefficient (Wildman–Crippen LogP) is 1.02. The molecule has 0 unspecified atom stereocenters. The van der Waals surface area contributed by atoms with E-state index in [0.717, 1.165) is 0 Å². The third kappa shape index (κ3) is 4.28. The first-order valence-corrected chi connectivity index (χ1v) is 4.18. The summed E-state index contributed by atoms with van der Waals surface area (Å²) in [4.78, 5) is 0. The maximum atomic E-state index is 9.46. The highest BCUT2D eigenvalue weighted by Gasteiger charge is 2.31. The average molecular weight is 186 g/mol. The second kappa shape index (κ2) is 5.23. The van der Waals surface area contributed by atoms with Gasteiger partial charge in [0, 0.05) is 7.11 Å². The lowest BCUT2D eigenvalue weighted by Gasteiger charge is -2.31. The van der Waals surface area contributed by atoms with Crippen LogP contribution >= 0.6 is 0 Å². The molecule has 76 valence electrons. The van der Waals surface area contributed by atoms with Crippen LogP contribution < -0.4 is 0 Å². The molecule has 0 bridgehead atoms. The molecule has 0 rings (SSSR count). The molecule has 0 amide bonds. The second-order valence-corrected chi connectivity index (χ2v) is 3.97. The molecular formula is C10H18O3.